The molecule has 68 heavy (non-hydrogen) atoms. The summed E-state index contributed by atoms with van der Waals surface area (Å²) < 4.78 is 112. The summed E-state index contributed by atoms with van der Waals surface area (Å²) in [6, 6.07) is 18.7. The van der Waals surface area contributed by atoms with Gasteiger partial charge in [-0.25, -0.2) is 60.0 Å². The van der Waals surface area contributed by atoms with Crippen LogP contribution in [0.1, 0.15) is 86.0 Å². The summed E-state index contributed by atoms with van der Waals surface area (Å²) in [5.41, 5.74) is 0. The highest BCUT2D eigenvalue weighted by Gasteiger charge is 2.21. The lowest BCUT2D eigenvalue weighted by molar-refractivity contribution is 0.218. The summed E-state index contributed by atoms with van der Waals surface area (Å²) >= 11 is 0. The normalized spacial score (nSPS) is 19.9. The van der Waals surface area contributed by atoms with Crippen LogP contribution in [0.5, 0.6) is 0 Å². The van der Waals surface area contributed by atoms with Crippen LogP contribution in [0.4, 0.5) is 0 Å². The Morgan fingerprint density at radius 3 is 1.09 bits per heavy atom. The first kappa shape index (κ1) is 68.1. The first-order valence-electron chi connectivity index (χ1n) is 22.8. The van der Waals surface area contributed by atoms with Crippen molar-refractivity contribution in [2.24, 2.45) is 30.5 Å². The molecule has 400 valence electrons. The van der Waals surface area contributed by atoms with E-state index < -0.39 is 68.1 Å². The molecule has 3 heterocycles. The van der Waals surface area contributed by atoms with Gasteiger partial charge in [0.05, 0.1) is 31.8 Å². The maximum atomic E-state index is 12.3. The van der Waals surface area contributed by atoms with E-state index in [1.807, 2.05) is 95.3 Å². The number of nitrogens with zero attached hydrogens (tertiary/aromatic N) is 7. The van der Waals surface area contributed by atoms with Gasteiger partial charge in [0.2, 0.25) is 0 Å². The second kappa shape index (κ2) is 33.7. The van der Waals surface area contributed by atoms with E-state index in [1.54, 1.807) is 75.2 Å². The summed E-state index contributed by atoms with van der Waals surface area (Å²) in [5, 5.41) is 0.0555. The van der Waals surface area contributed by atoms with E-state index in [0.29, 0.717) is 12.4 Å². The van der Waals surface area contributed by atoms with Gasteiger partial charge >= 0.3 is 0 Å². The van der Waals surface area contributed by atoms with E-state index in [9.17, 15) is 29.5 Å². The molecule has 4 atom stereocenters. The van der Waals surface area contributed by atoms with Crippen LogP contribution in [-0.2, 0) is 72.8 Å². The number of hydrogen-bond donors (Lipinski definition) is 0. The fraction of sp³-hybridized carbons (Fsp3) is 0.739. The third-order valence-electron chi connectivity index (χ3n) is 11.1. The molecule has 0 aliphatic carbocycles. The SMILES string of the molecule is CN=S(=O)(c1ccccc1)C(C)C.CN=S(C)(=O)C(C)(C)C.CN=S(C)(=O)CCOC.CN=S(C)(=O)c1ccccc1.CN=S1(=O)CCCC1.CN=S1(=O)CCCCC1.CN=S1(=O)CCCCC1. The van der Waals surface area contributed by atoms with Gasteiger partial charge in [-0.1, -0.05) is 49.2 Å². The molecule has 0 amide bonds. The zero-order valence-corrected chi connectivity index (χ0v) is 50.1. The lowest BCUT2D eigenvalue weighted by Crippen LogP contribution is -2.25. The molecule has 0 aromatic heterocycles. The van der Waals surface area contributed by atoms with Crippen LogP contribution in [0.25, 0.3) is 0 Å². The number of ether oxygens (including phenoxy) is 1. The molecular weight excluding hydrogens is 1000 g/mol. The molecule has 2 aromatic rings. The first-order valence-corrected chi connectivity index (χ1v) is 35.9. The molecule has 5 rings (SSSR count). The smallest absolute Gasteiger partial charge is 0.0773 e. The zero-order chi connectivity index (χ0) is 52.8. The Kier molecular flexibility index (Phi) is 33.7. The topological polar surface area (TPSA) is 215 Å². The fourth-order valence-corrected chi connectivity index (χ4v) is 15.2. The van der Waals surface area contributed by atoms with Crippen molar-refractivity contribution in [2.75, 3.05) is 122 Å². The Morgan fingerprint density at radius 2 is 0.868 bits per heavy atom. The Labute approximate surface area is 418 Å². The van der Waals surface area contributed by atoms with Crippen molar-refractivity contribution in [1.82, 2.24) is 0 Å². The van der Waals surface area contributed by atoms with Gasteiger partial charge in [-0.3, -0.25) is 0 Å². The molecule has 3 aliphatic rings. The van der Waals surface area contributed by atoms with Crippen molar-refractivity contribution in [3.05, 3.63) is 60.7 Å². The molecule has 15 nitrogen and oxygen atoms in total. The van der Waals surface area contributed by atoms with Crippen LogP contribution in [0.2, 0.25) is 0 Å². The molecule has 0 N–H and O–H groups in total. The Hall–Kier alpha value is -1.95. The molecule has 2 aromatic carbocycles. The van der Waals surface area contributed by atoms with Crippen molar-refractivity contribution >= 4 is 68.1 Å². The van der Waals surface area contributed by atoms with E-state index in [-0.39, 0.29) is 10.00 Å². The van der Waals surface area contributed by atoms with Gasteiger partial charge in [-0.15, -0.1) is 0 Å². The predicted octanol–water partition coefficient (Wildman–Crippen LogP) is 9.61. The second-order valence-electron chi connectivity index (χ2n) is 17.3. The van der Waals surface area contributed by atoms with Crippen molar-refractivity contribution < 1.29 is 34.2 Å². The average molecular weight is 1090 g/mol. The van der Waals surface area contributed by atoms with Gasteiger partial charge in [-0.05, 0) is 97.4 Å². The summed E-state index contributed by atoms with van der Waals surface area (Å²) in [6.45, 7) is 10.2. The van der Waals surface area contributed by atoms with Crippen molar-refractivity contribution in [1.29, 1.82) is 0 Å². The molecule has 22 heteroatoms. The first-order chi connectivity index (χ1) is 31.5. The summed E-state index contributed by atoms with van der Waals surface area (Å²) in [4.78, 5) is 1.62. The third-order valence-corrected chi connectivity index (χ3v) is 27.9. The third kappa shape index (κ3) is 27.6. The van der Waals surface area contributed by atoms with E-state index in [1.165, 1.54) is 12.8 Å². The lowest BCUT2D eigenvalue weighted by Gasteiger charge is -2.19. The van der Waals surface area contributed by atoms with E-state index in [0.717, 1.165) is 82.8 Å². The minimum absolute atomic E-state index is 0.0555. The Balaban J connectivity index is 0. The van der Waals surface area contributed by atoms with Crippen LogP contribution in [0, 0.1) is 0 Å². The number of methoxy groups -OCH3 is 1. The molecular formula is C46H91N7O8S7. The van der Waals surface area contributed by atoms with Crippen molar-refractivity contribution in [3.8, 4) is 0 Å². The lowest BCUT2D eigenvalue weighted by atomic mass is 10.3. The molecule has 4 unspecified atom stereocenters. The van der Waals surface area contributed by atoms with Gasteiger partial charge in [0.1, 0.15) is 0 Å². The van der Waals surface area contributed by atoms with Gasteiger partial charge in [-0.2, -0.15) is 0 Å². The number of hydrogen-bond acceptors (Lipinski definition) is 15. The summed E-state index contributed by atoms with van der Waals surface area (Å²) in [6.07, 6.45) is 14.1. The van der Waals surface area contributed by atoms with E-state index in [4.69, 9.17) is 4.74 Å². The van der Waals surface area contributed by atoms with E-state index in [2.05, 4.69) is 30.5 Å². The summed E-state index contributed by atoms with van der Waals surface area (Å²) in [5.74, 6) is 5.55. The van der Waals surface area contributed by atoms with Crippen LogP contribution >= 0.6 is 0 Å². The average Bonchev–Trinajstić information content (AvgIpc) is 3.79. The van der Waals surface area contributed by atoms with Gasteiger partial charge in [0.25, 0.3) is 0 Å². The monoisotopic (exact) mass is 1090 g/mol. The number of rotatable bonds is 6. The molecule has 3 fully saturated rings. The highest BCUT2D eigenvalue weighted by Crippen LogP contribution is 2.18. The maximum Gasteiger partial charge on any atom is 0.0773 e. The highest BCUT2D eigenvalue weighted by atomic mass is 32.2. The fourth-order valence-electron chi connectivity index (χ4n) is 5.76. The standard InChI is InChI=1S/C10H15NOS.C8H11NOS.2C6H13NOS.C6H15NOS.C5H13NO2S.C5H11NOS/c1-9(2)13(12,11-3)10-7-5-4-6-8-10;1-9-11(2,10)8-6-4-3-5-7-8;2*1-7-9(8)5-3-2-4-6-9;1-6(2,3)9(5,8)7-4;1-6-9(3,7)5-4-8-2;1-6-8(7)4-2-3-5-8/h4-9H,1-3H3;3-7H,1-2H3;2*2-6H2,1H3;1-5H3;4-5H2,1-3H3;2-5H2,1H3. The van der Waals surface area contributed by atoms with Gasteiger partial charge < -0.3 is 4.74 Å². The highest BCUT2D eigenvalue weighted by molar-refractivity contribution is 7.95. The van der Waals surface area contributed by atoms with Gasteiger partial charge in [0.15, 0.2) is 0 Å². The molecule has 3 saturated heterocycles. The van der Waals surface area contributed by atoms with E-state index >= 15 is 0 Å². The zero-order valence-electron chi connectivity index (χ0n) is 44.4. The molecule has 0 bridgehead atoms. The minimum Gasteiger partial charge on any atom is -0.384 e. The number of benzene rings is 2. The molecule has 0 spiro atoms. The molecule has 0 saturated carbocycles. The Bertz CT molecular complexity index is 2560. The predicted molar refractivity (Wildman–Crippen MR) is 300 cm³/mol. The minimum atomic E-state index is -2.20. The molecule has 3 aliphatic heterocycles. The van der Waals surface area contributed by atoms with Crippen molar-refractivity contribution in [2.45, 2.75) is 106 Å². The van der Waals surface area contributed by atoms with Crippen LogP contribution in [0.3, 0.4) is 0 Å². The van der Waals surface area contributed by atoms with Crippen LogP contribution < -0.4 is 0 Å². The van der Waals surface area contributed by atoms with Crippen molar-refractivity contribution in [3.63, 3.8) is 0 Å². The maximum absolute atomic E-state index is 12.3. The van der Waals surface area contributed by atoms with Crippen LogP contribution in [0.15, 0.2) is 101 Å². The quantitative estimate of drug-likeness (QED) is 0.271. The van der Waals surface area contributed by atoms with Crippen LogP contribution in [-0.4, -0.2) is 162 Å². The largest absolute Gasteiger partial charge is 0.384 e. The Morgan fingerprint density at radius 1 is 0.529 bits per heavy atom. The summed E-state index contributed by atoms with van der Waals surface area (Å²) in [7, 11) is -0.317. The molecule has 0 radical (unpaired) electrons. The second-order valence-corrected chi connectivity index (χ2v) is 36.7. The van der Waals surface area contributed by atoms with Gasteiger partial charge in [0, 0.05) is 178 Å².